The van der Waals surface area contributed by atoms with Gasteiger partial charge in [0.1, 0.15) is 0 Å². The summed E-state index contributed by atoms with van der Waals surface area (Å²) >= 11 is 0. The minimum Gasteiger partial charge on any atom is -0.395 e. The SMILES string of the molecule is NCCc1[nH]nc(CNCCO)c1CCN. The van der Waals surface area contributed by atoms with E-state index in [1.165, 1.54) is 5.56 Å². The minimum absolute atomic E-state index is 0.131. The standard InChI is InChI=1S/C10H21N5O/c11-3-1-8-9(2-4-12)14-15-10(8)7-13-5-6-16/h13,16H,1-7,11-12H2,(H,14,15). The Morgan fingerprint density at radius 3 is 2.62 bits per heavy atom. The van der Waals surface area contributed by atoms with Crippen LogP contribution in [0.1, 0.15) is 17.0 Å². The average Bonchev–Trinajstić information content (AvgIpc) is 2.64. The summed E-state index contributed by atoms with van der Waals surface area (Å²) in [6, 6.07) is 0. The van der Waals surface area contributed by atoms with Gasteiger partial charge in [0, 0.05) is 25.2 Å². The van der Waals surface area contributed by atoms with Gasteiger partial charge in [-0.3, -0.25) is 5.10 Å². The highest BCUT2D eigenvalue weighted by Gasteiger charge is 2.11. The van der Waals surface area contributed by atoms with Crippen molar-refractivity contribution in [1.29, 1.82) is 0 Å². The first-order chi connectivity index (χ1) is 7.83. The van der Waals surface area contributed by atoms with Crippen molar-refractivity contribution in [3.8, 4) is 0 Å². The molecule has 0 bridgehead atoms. The molecule has 1 aromatic heterocycles. The van der Waals surface area contributed by atoms with Gasteiger partial charge in [-0.25, -0.2) is 0 Å². The van der Waals surface area contributed by atoms with Crippen LogP contribution in [-0.4, -0.2) is 41.5 Å². The Balaban J connectivity index is 2.66. The van der Waals surface area contributed by atoms with E-state index in [2.05, 4.69) is 15.5 Å². The van der Waals surface area contributed by atoms with Crippen molar-refractivity contribution < 1.29 is 5.11 Å². The molecule has 92 valence electrons. The first kappa shape index (κ1) is 13.1. The molecule has 0 aliphatic carbocycles. The topological polar surface area (TPSA) is 113 Å². The molecule has 7 N–H and O–H groups in total. The second-order valence-electron chi connectivity index (χ2n) is 3.61. The van der Waals surface area contributed by atoms with Crippen LogP contribution in [0.25, 0.3) is 0 Å². The normalized spacial score (nSPS) is 10.9. The summed E-state index contributed by atoms with van der Waals surface area (Å²) in [4.78, 5) is 0. The Kier molecular flexibility index (Phi) is 6.02. The molecule has 0 aliphatic rings. The molecule has 6 heteroatoms. The van der Waals surface area contributed by atoms with E-state index in [1.807, 2.05) is 0 Å². The Morgan fingerprint density at radius 1 is 1.25 bits per heavy atom. The molecule has 0 amide bonds. The number of nitrogens with zero attached hydrogens (tertiary/aromatic N) is 1. The number of H-pyrrole nitrogens is 1. The lowest BCUT2D eigenvalue weighted by Gasteiger charge is -2.04. The molecule has 0 unspecified atom stereocenters. The molecule has 0 radical (unpaired) electrons. The summed E-state index contributed by atoms with van der Waals surface area (Å²) in [5.41, 5.74) is 14.3. The molecular weight excluding hydrogens is 206 g/mol. The van der Waals surface area contributed by atoms with Crippen molar-refractivity contribution in [3.05, 3.63) is 17.0 Å². The predicted molar refractivity (Wildman–Crippen MR) is 62.9 cm³/mol. The summed E-state index contributed by atoms with van der Waals surface area (Å²) in [6.45, 7) is 2.55. The predicted octanol–water partition coefficient (Wildman–Crippen LogP) is -1.51. The van der Waals surface area contributed by atoms with Crippen LogP contribution in [0.4, 0.5) is 0 Å². The molecule has 1 rings (SSSR count). The molecule has 16 heavy (non-hydrogen) atoms. The molecule has 0 aliphatic heterocycles. The van der Waals surface area contributed by atoms with Gasteiger partial charge >= 0.3 is 0 Å². The zero-order valence-electron chi connectivity index (χ0n) is 9.50. The number of aromatic nitrogens is 2. The first-order valence-corrected chi connectivity index (χ1v) is 5.60. The molecule has 0 atom stereocenters. The molecule has 1 aromatic rings. The molecule has 0 fully saturated rings. The lowest BCUT2D eigenvalue weighted by molar-refractivity contribution is 0.291. The lowest BCUT2D eigenvalue weighted by atomic mass is 10.1. The molecule has 0 spiro atoms. The van der Waals surface area contributed by atoms with Crippen molar-refractivity contribution in [2.24, 2.45) is 11.5 Å². The van der Waals surface area contributed by atoms with Crippen LogP contribution >= 0.6 is 0 Å². The molecule has 0 saturated heterocycles. The Labute approximate surface area is 95.4 Å². The second kappa shape index (κ2) is 7.34. The minimum atomic E-state index is 0.131. The number of aliphatic hydroxyl groups is 1. The second-order valence-corrected chi connectivity index (χ2v) is 3.61. The smallest absolute Gasteiger partial charge is 0.0795 e. The zero-order chi connectivity index (χ0) is 11.8. The highest BCUT2D eigenvalue weighted by Crippen LogP contribution is 2.12. The van der Waals surface area contributed by atoms with E-state index in [0.29, 0.717) is 26.2 Å². The van der Waals surface area contributed by atoms with E-state index in [9.17, 15) is 0 Å². The molecular formula is C10H21N5O. The van der Waals surface area contributed by atoms with Crippen LogP contribution in [0.3, 0.4) is 0 Å². The molecule has 1 heterocycles. The fourth-order valence-electron chi connectivity index (χ4n) is 1.67. The summed E-state index contributed by atoms with van der Waals surface area (Å²) in [5, 5.41) is 19.0. The van der Waals surface area contributed by atoms with Crippen molar-refractivity contribution >= 4 is 0 Å². The first-order valence-electron chi connectivity index (χ1n) is 5.60. The summed E-state index contributed by atoms with van der Waals surface area (Å²) in [6.07, 6.45) is 1.60. The number of aliphatic hydroxyl groups excluding tert-OH is 1. The van der Waals surface area contributed by atoms with Crippen LogP contribution in [0.2, 0.25) is 0 Å². The number of nitrogens with two attached hydrogens (primary N) is 2. The van der Waals surface area contributed by atoms with Crippen molar-refractivity contribution in [2.75, 3.05) is 26.2 Å². The molecule has 0 aromatic carbocycles. The van der Waals surface area contributed by atoms with Crippen molar-refractivity contribution in [2.45, 2.75) is 19.4 Å². The maximum atomic E-state index is 8.68. The van der Waals surface area contributed by atoms with Gasteiger partial charge in [0.05, 0.1) is 12.3 Å². The van der Waals surface area contributed by atoms with Gasteiger partial charge in [-0.05, 0) is 25.1 Å². The Bertz CT molecular complexity index is 299. The molecule has 6 nitrogen and oxygen atoms in total. The van der Waals surface area contributed by atoms with E-state index in [-0.39, 0.29) is 6.61 Å². The van der Waals surface area contributed by atoms with Crippen molar-refractivity contribution in [1.82, 2.24) is 15.5 Å². The van der Waals surface area contributed by atoms with Crippen LogP contribution in [0, 0.1) is 0 Å². The van der Waals surface area contributed by atoms with E-state index in [1.54, 1.807) is 0 Å². The monoisotopic (exact) mass is 227 g/mol. The zero-order valence-corrected chi connectivity index (χ0v) is 9.50. The summed E-state index contributed by atoms with van der Waals surface area (Å²) < 4.78 is 0. The molecule has 0 saturated carbocycles. The highest BCUT2D eigenvalue weighted by molar-refractivity contribution is 5.26. The van der Waals surface area contributed by atoms with Gasteiger partial charge in [0.15, 0.2) is 0 Å². The fraction of sp³-hybridized carbons (Fsp3) is 0.700. The summed E-state index contributed by atoms with van der Waals surface area (Å²) in [5.74, 6) is 0. The number of hydrogen-bond donors (Lipinski definition) is 5. The van der Waals surface area contributed by atoms with E-state index in [0.717, 1.165) is 24.2 Å². The van der Waals surface area contributed by atoms with Crippen LogP contribution in [0.5, 0.6) is 0 Å². The fourth-order valence-corrected chi connectivity index (χ4v) is 1.67. The van der Waals surface area contributed by atoms with Gasteiger partial charge < -0.3 is 21.9 Å². The summed E-state index contributed by atoms with van der Waals surface area (Å²) in [7, 11) is 0. The number of aromatic amines is 1. The van der Waals surface area contributed by atoms with Gasteiger partial charge in [-0.15, -0.1) is 0 Å². The Morgan fingerprint density at radius 2 is 2.00 bits per heavy atom. The average molecular weight is 227 g/mol. The largest absolute Gasteiger partial charge is 0.395 e. The maximum Gasteiger partial charge on any atom is 0.0795 e. The number of rotatable bonds is 8. The van der Waals surface area contributed by atoms with Crippen molar-refractivity contribution in [3.63, 3.8) is 0 Å². The van der Waals surface area contributed by atoms with Gasteiger partial charge in [0.25, 0.3) is 0 Å². The third-order valence-corrected chi connectivity index (χ3v) is 2.41. The quantitative estimate of drug-likeness (QED) is 0.347. The number of hydrogen-bond acceptors (Lipinski definition) is 5. The lowest BCUT2D eigenvalue weighted by Crippen LogP contribution is -2.19. The van der Waals surface area contributed by atoms with Crippen LogP contribution < -0.4 is 16.8 Å². The van der Waals surface area contributed by atoms with Crippen LogP contribution in [0.15, 0.2) is 0 Å². The van der Waals surface area contributed by atoms with Gasteiger partial charge in [-0.1, -0.05) is 0 Å². The third-order valence-electron chi connectivity index (χ3n) is 2.41. The van der Waals surface area contributed by atoms with Gasteiger partial charge in [-0.2, -0.15) is 5.10 Å². The third kappa shape index (κ3) is 3.57. The number of nitrogens with one attached hydrogen (secondary N) is 2. The van der Waals surface area contributed by atoms with E-state index in [4.69, 9.17) is 16.6 Å². The van der Waals surface area contributed by atoms with E-state index < -0.39 is 0 Å². The Hall–Kier alpha value is -0.950. The highest BCUT2D eigenvalue weighted by atomic mass is 16.3. The maximum absolute atomic E-state index is 8.68. The van der Waals surface area contributed by atoms with Crippen LogP contribution in [-0.2, 0) is 19.4 Å². The van der Waals surface area contributed by atoms with Gasteiger partial charge in [0.2, 0.25) is 0 Å². The van der Waals surface area contributed by atoms with E-state index >= 15 is 0 Å².